The van der Waals surface area contributed by atoms with Gasteiger partial charge in [0.2, 0.25) is 5.89 Å². The zero-order valence-electron chi connectivity index (χ0n) is 13.1. The minimum atomic E-state index is -0.248. The second-order valence-electron chi connectivity index (χ2n) is 5.47. The predicted octanol–water partition coefficient (Wildman–Crippen LogP) is 5.71. The smallest absolute Gasteiger partial charge is 0.312 e. The van der Waals surface area contributed by atoms with E-state index in [0.29, 0.717) is 11.6 Å². The molecular weight excluding hydrogens is 380 g/mol. The lowest BCUT2D eigenvalue weighted by Gasteiger charge is -2.00. The van der Waals surface area contributed by atoms with Crippen LogP contribution in [0.15, 0.2) is 80.6 Å². The van der Waals surface area contributed by atoms with Crippen LogP contribution in [-0.4, -0.2) is 16.3 Å². The molecule has 4 aromatic rings. The number of nitrogens with zero attached hydrogens (tertiary/aromatic N) is 2. The highest BCUT2D eigenvalue weighted by Gasteiger charge is 2.12. The highest BCUT2D eigenvalue weighted by molar-refractivity contribution is 9.10. The van der Waals surface area contributed by atoms with Crippen LogP contribution in [0.25, 0.3) is 22.2 Å². The molecule has 122 valence electrons. The number of hydrogen-bond donors (Lipinski definition) is 1. The van der Waals surface area contributed by atoms with Crippen molar-refractivity contribution in [2.75, 3.05) is 0 Å². The molecule has 0 aliphatic carbocycles. The molecule has 1 aromatic heterocycles. The van der Waals surface area contributed by atoms with E-state index in [2.05, 4.69) is 25.9 Å². The van der Waals surface area contributed by atoms with Gasteiger partial charge in [0.15, 0.2) is 5.69 Å². The van der Waals surface area contributed by atoms with Gasteiger partial charge in [0, 0.05) is 15.4 Å². The molecule has 0 spiro atoms. The maximum Gasteiger partial charge on any atom is 0.312 e. The van der Waals surface area contributed by atoms with Crippen molar-refractivity contribution in [2.45, 2.75) is 0 Å². The van der Waals surface area contributed by atoms with E-state index >= 15 is 0 Å². The summed E-state index contributed by atoms with van der Waals surface area (Å²) in [6.45, 7) is 0. The van der Waals surface area contributed by atoms with Gasteiger partial charge in [0.25, 0.3) is 0 Å². The summed E-state index contributed by atoms with van der Waals surface area (Å²) >= 11 is 3.39. The van der Waals surface area contributed by atoms with Crippen LogP contribution in [0.5, 0.6) is 5.95 Å². The molecule has 4 nitrogen and oxygen atoms in total. The standard InChI is InChI=1S/C20H13BrN2O2/c21-15-10-8-14(9-11-15)19-23-18(20(24)25-19)12-22-17-7-3-5-13-4-1-2-6-16(13)17/h1-12,24H. The van der Waals surface area contributed by atoms with E-state index in [4.69, 9.17) is 4.42 Å². The van der Waals surface area contributed by atoms with Gasteiger partial charge in [0.05, 0.1) is 11.9 Å². The Morgan fingerprint density at radius 1 is 0.960 bits per heavy atom. The van der Waals surface area contributed by atoms with Gasteiger partial charge in [-0.15, -0.1) is 0 Å². The van der Waals surface area contributed by atoms with Gasteiger partial charge in [0.1, 0.15) is 0 Å². The monoisotopic (exact) mass is 392 g/mol. The van der Waals surface area contributed by atoms with Crippen molar-refractivity contribution >= 4 is 38.6 Å². The third-order valence-electron chi connectivity index (χ3n) is 3.82. The molecule has 0 fully saturated rings. The fraction of sp³-hybridized carbons (Fsp3) is 0. The lowest BCUT2D eigenvalue weighted by molar-refractivity contribution is 0.337. The van der Waals surface area contributed by atoms with Gasteiger partial charge in [-0.3, -0.25) is 4.99 Å². The normalized spacial score (nSPS) is 11.4. The minimum Gasteiger partial charge on any atom is -0.479 e. The number of oxazole rings is 1. The van der Waals surface area contributed by atoms with Crippen molar-refractivity contribution in [3.05, 3.63) is 76.9 Å². The highest BCUT2D eigenvalue weighted by Crippen LogP contribution is 2.28. The Morgan fingerprint density at radius 2 is 1.72 bits per heavy atom. The lowest BCUT2D eigenvalue weighted by atomic mass is 10.1. The molecule has 0 radical (unpaired) electrons. The largest absolute Gasteiger partial charge is 0.479 e. The third kappa shape index (κ3) is 3.19. The van der Waals surface area contributed by atoms with Crippen molar-refractivity contribution < 1.29 is 9.52 Å². The molecular formula is C20H13BrN2O2. The van der Waals surface area contributed by atoms with E-state index < -0.39 is 0 Å². The minimum absolute atomic E-state index is 0.248. The molecule has 1 heterocycles. The number of halogens is 1. The van der Waals surface area contributed by atoms with Crippen LogP contribution in [0.1, 0.15) is 5.69 Å². The Hall–Kier alpha value is -2.92. The quantitative estimate of drug-likeness (QED) is 0.454. The number of aliphatic imine (C=N–C) groups is 1. The van der Waals surface area contributed by atoms with Crippen LogP contribution in [0.3, 0.4) is 0 Å². The molecule has 3 aromatic carbocycles. The average Bonchev–Trinajstić information content (AvgIpc) is 3.01. The first-order chi connectivity index (χ1) is 12.2. The van der Waals surface area contributed by atoms with E-state index in [1.807, 2.05) is 66.7 Å². The molecule has 0 saturated heterocycles. The first-order valence-electron chi connectivity index (χ1n) is 7.68. The average molecular weight is 393 g/mol. The maximum absolute atomic E-state index is 10.0. The van der Waals surface area contributed by atoms with E-state index in [0.717, 1.165) is 26.5 Å². The number of benzene rings is 3. The number of fused-ring (bicyclic) bond motifs is 1. The molecule has 5 heteroatoms. The summed E-state index contributed by atoms with van der Waals surface area (Å²) in [4.78, 5) is 8.80. The summed E-state index contributed by atoms with van der Waals surface area (Å²) < 4.78 is 6.32. The summed E-state index contributed by atoms with van der Waals surface area (Å²) in [7, 11) is 0. The number of aromatic hydroxyl groups is 1. The second-order valence-corrected chi connectivity index (χ2v) is 6.39. The molecule has 0 unspecified atom stereocenters. The van der Waals surface area contributed by atoms with Gasteiger partial charge in [-0.05, 0) is 35.7 Å². The van der Waals surface area contributed by atoms with Crippen molar-refractivity contribution in [3.63, 3.8) is 0 Å². The molecule has 0 bridgehead atoms. The molecule has 4 rings (SSSR count). The topological polar surface area (TPSA) is 58.6 Å². The van der Waals surface area contributed by atoms with Crippen LogP contribution < -0.4 is 0 Å². The zero-order valence-corrected chi connectivity index (χ0v) is 14.6. The summed E-state index contributed by atoms with van der Waals surface area (Å²) in [6.07, 6.45) is 1.52. The van der Waals surface area contributed by atoms with Crippen molar-refractivity contribution in [1.82, 2.24) is 4.98 Å². The molecule has 1 N–H and O–H groups in total. The van der Waals surface area contributed by atoms with Crippen LogP contribution in [0.2, 0.25) is 0 Å². The van der Waals surface area contributed by atoms with Gasteiger partial charge in [-0.2, -0.15) is 0 Å². The summed E-state index contributed by atoms with van der Waals surface area (Å²) in [5, 5.41) is 12.2. The summed E-state index contributed by atoms with van der Waals surface area (Å²) in [5.41, 5.74) is 1.89. The molecule has 0 aliphatic rings. The Kier molecular flexibility index (Phi) is 4.07. The van der Waals surface area contributed by atoms with Crippen molar-refractivity contribution in [2.24, 2.45) is 4.99 Å². The van der Waals surface area contributed by atoms with Gasteiger partial charge >= 0.3 is 5.95 Å². The SMILES string of the molecule is Oc1oc(-c2ccc(Br)cc2)nc1C=Nc1cccc2ccccc12. The Balaban J connectivity index is 1.68. The molecule has 25 heavy (non-hydrogen) atoms. The fourth-order valence-corrected chi connectivity index (χ4v) is 2.84. The number of rotatable bonds is 3. The first-order valence-corrected chi connectivity index (χ1v) is 8.47. The Morgan fingerprint density at radius 3 is 2.56 bits per heavy atom. The third-order valence-corrected chi connectivity index (χ3v) is 4.35. The van der Waals surface area contributed by atoms with E-state index in [1.54, 1.807) is 0 Å². The number of hydrogen-bond acceptors (Lipinski definition) is 4. The van der Waals surface area contributed by atoms with Gasteiger partial charge in [-0.1, -0.05) is 52.3 Å². The summed E-state index contributed by atoms with van der Waals surface area (Å²) in [5.74, 6) is 0.103. The van der Waals surface area contributed by atoms with E-state index in [-0.39, 0.29) is 5.95 Å². The van der Waals surface area contributed by atoms with Crippen LogP contribution in [0, 0.1) is 0 Å². The van der Waals surface area contributed by atoms with Crippen molar-refractivity contribution in [1.29, 1.82) is 0 Å². The molecule has 0 saturated carbocycles. The van der Waals surface area contributed by atoms with E-state index in [9.17, 15) is 5.11 Å². The zero-order chi connectivity index (χ0) is 17.2. The predicted molar refractivity (Wildman–Crippen MR) is 103 cm³/mol. The Labute approximate surface area is 152 Å². The molecule has 0 amide bonds. The van der Waals surface area contributed by atoms with Crippen LogP contribution in [0.4, 0.5) is 5.69 Å². The van der Waals surface area contributed by atoms with Gasteiger partial charge < -0.3 is 9.52 Å². The maximum atomic E-state index is 10.0. The summed E-state index contributed by atoms with van der Waals surface area (Å²) in [6, 6.07) is 21.4. The molecule has 0 aliphatic heterocycles. The first kappa shape index (κ1) is 15.6. The van der Waals surface area contributed by atoms with Gasteiger partial charge in [-0.25, -0.2) is 4.98 Å². The van der Waals surface area contributed by atoms with Crippen LogP contribution in [-0.2, 0) is 0 Å². The molecule has 0 atom stereocenters. The van der Waals surface area contributed by atoms with Crippen LogP contribution >= 0.6 is 15.9 Å². The van der Waals surface area contributed by atoms with Crippen molar-refractivity contribution in [3.8, 4) is 17.4 Å². The fourth-order valence-electron chi connectivity index (χ4n) is 2.58. The second kappa shape index (κ2) is 6.53. The lowest BCUT2D eigenvalue weighted by Crippen LogP contribution is -1.83. The highest BCUT2D eigenvalue weighted by atomic mass is 79.9. The Bertz CT molecular complexity index is 1060. The van der Waals surface area contributed by atoms with E-state index in [1.165, 1.54) is 6.21 Å². The number of aromatic nitrogens is 1.